The quantitative estimate of drug-likeness (QED) is 0.328. The van der Waals surface area contributed by atoms with Crippen LogP contribution in [-0.4, -0.2) is 115 Å². The third-order valence-corrected chi connectivity index (χ3v) is 6.37. The lowest BCUT2D eigenvalue weighted by molar-refractivity contribution is 0.398. The molecule has 4 heterocycles. The molecule has 12 heteroatoms. The van der Waals surface area contributed by atoms with Crippen molar-refractivity contribution in [2.45, 2.75) is 38.8 Å². The highest BCUT2D eigenvalue weighted by atomic mass is 15.4. The molecule has 0 aromatic carbocycles. The summed E-state index contributed by atoms with van der Waals surface area (Å²) < 4.78 is 0. The topological polar surface area (TPSA) is 127 Å². The molecular weight excluding hydrogens is 480 g/mol. The van der Waals surface area contributed by atoms with E-state index in [-0.39, 0.29) is 12.1 Å². The second-order valence-corrected chi connectivity index (χ2v) is 10.0. The van der Waals surface area contributed by atoms with Crippen LogP contribution < -0.4 is 16.0 Å². The van der Waals surface area contributed by atoms with Crippen LogP contribution >= 0.6 is 0 Å². The molecular formula is C26H42N12. The number of rotatable bonds is 8. The summed E-state index contributed by atoms with van der Waals surface area (Å²) in [5, 5.41) is 10.4. The second-order valence-electron chi connectivity index (χ2n) is 10.0. The van der Waals surface area contributed by atoms with Crippen LogP contribution in [0.4, 0.5) is 0 Å². The fourth-order valence-corrected chi connectivity index (χ4v) is 4.12. The Morgan fingerprint density at radius 2 is 1.45 bits per heavy atom. The maximum atomic E-state index is 4.94. The summed E-state index contributed by atoms with van der Waals surface area (Å²) in [5.74, 6) is 3.11. The first-order valence-electron chi connectivity index (χ1n) is 13.3. The molecule has 206 valence electrons. The molecule has 0 amide bonds. The van der Waals surface area contributed by atoms with Gasteiger partial charge in [0.1, 0.15) is 0 Å². The predicted octanol–water partition coefficient (Wildman–Crippen LogP) is 0.878. The van der Waals surface area contributed by atoms with Crippen LogP contribution in [0.25, 0.3) is 0 Å². The van der Waals surface area contributed by atoms with Crippen molar-refractivity contribution in [2.24, 2.45) is 20.0 Å². The highest BCUT2D eigenvalue weighted by Gasteiger charge is 2.21. The van der Waals surface area contributed by atoms with Gasteiger partial charge in [-0.15, -0.1) is 0 Å². The van der Waals surface area contributed by atoms with Crippen LogP contribution in [0.15, 0.2) is 56.6 Å². The molecule has 0 aliphatic carbocycles. The van der Waals surface area contributed by atoms with E-state index in [1.54, 1.807) is 0 Å². The Hall–Kier alpha value is -3.96. The summed E-state index contributed by atoms with van der Waals surface area (Å²) in [6.07, 6.45) is 5.67. The predicted molar refractivity (Wildman–Crippen MR) is 155 cm³/mol. The van der Waals surface area contributed by atoms with Crippen molar-refractivity contribution < 1.29 is 0 Å². The van der Waals surface area contributed by atoms with Gasteiger partial charge in [-0.1, -0.05) is 0 Å². The molecule has 2 aromatic rings. The third-order valence-electron chi connectivity index (χ3n) is 6.37. The smallest absolute Gasteiger partial charge is 0.202 e. The fraction of sp³-hybridized carbons (Fsp3) is 0.538. The first kappa shape index (κ1) is 27.1. The molecule has 0 radical (unpaired) electrons. The molecule has 0 fully saturated rings. The molecule has 4 rings (SSSR count). The van der Waals surface area contributed by atoms with Crippen LogP contribution in [0.5, 0.6) is 0 Å². The minimum absolute atomic E-state index is 0.0733. The number of hydrogen-bond donors (Lipinski definition) is 5. The lowest BCUT2D eigenvalue weighted by Crippen LogP contribution is -2.54. The minimum Gasteiger partial charge on any atom is -0.365 e. The van der Waals surface area contributed by atoms with Crippen molar-refractivity contribution in [2.75, 3.05) is 54.0 Å². The minimum atomic E-state index is 0.0733. The lowest BCUT2D eigenvalue weighted by Gasteiger charge is -2.29. The van der Waals surface area contributed by atoms with Crippen LogP contribution in [-0.2, 0) is 12.8 Å². The van der Waals surface area contributed by atoms with Gasteiger partial charge in [0, 0.05) is 70.9 Å². The van der Waals surface area contributed by atoms with Crippen molar-refractivity contribution in [3.05, 3.63) is 48.0 Å². The zero-order chi connectivity index (χ0) is 26.9. The van der Waals surface area contributed by atoms with Crippen LogP contribution in [0.2, 0.25) is 0 Å². The Morgan fingerprint density at radius 3 is 2.08 bits per heavy atom. The summed E-state index contributed by atoms with van der Waals surface area (Å²) in [7, 11) is 6.03. The van der Waals surface area contributed by atoms with Gasteiger partial charge in [0.25, 0.3) is 0 Å². The number of aliphatic imine (C=N–C) groups is 4. The summed E-state index contributed by atoms with van der Waals surface area (Å²) >= 11 is 0. The average molecular weight is 523 g/mol. The molecule has 0 spiro atoms. The van der Waals surface area contributed by atoms with Crippen LogP contribution in [0, 0.1) is 0 Å². The molecule has 5 N–H and O–H groups in total. The second kappa shape index (κ2) is 13.0. The Labute approximate surface area is 225 Å². The Balaban J connectivity index is 1.44. The molecule has 38 heavy (non-hydrogen) atoms. The van der Waals surface area contributed by atoms with Gasteiger partial charge in [-0.3, -0.25) is 20.6 Å². The van der Waals surface area contributed by atoms with Gasteiger partial charge < -0.3 is 30.0 Å². The molecule has 2 aliphatic heterocycles. The molecule has 2 unspecified atom stereocenters. The average Bonchev–Trinajstić information content (AvgIpc) is 3.53. The van der Waals surface area contributed by atoms with Crippen LogP contribution in [0.1, 0.15) is 25.2 Å². The largest absolute Gasteiger partial charge is 0.365 e. The molecule has 0 saturated heterocycles. The SMILES string of the molecule is CC1CN=C(NCN(CCc2ccc[nH]2)C2=NC(C)CN=C(N(C)C)N2)NC(N(C)CCc2ccc[nH]2)=N1. The molecule has 12 nitrogen and oxygen atoms in total. The highest BCUT2D eigenvalue weighted by molar-refractivity contribution is 6.00. The van der Waals surface area contributed by atoms with Crippen molar-refractivity contribution in [3.8, 4) is 0 Å². The van der Waals surface area contributed by atoms with Gasteiger partial charge >= 0.3 is 0 Å². The van der Waals surface area contributed by atoms with E-state index in [1.807, 2.05) is 43.5 Å². The van der Waals surface area contributed by atoms with Gasteiger partial charge in [0.2, 0.25) is 11.9 Å². The molecule has 2 aromatic heterocycles. The third kappa shape index (κ3) is 7.77. The number of nitrogens with one attached hydrogen (secondary N) is 5. The molecule has 0 saturated carbocycles. The van der Waals surface area contributed by atoms with Gasteiger partial charge in [0.05, 0.1) is 31.8 Å². The number of aromatic nitrogens is 2. The van der Waals surface area contributed by atoms with Crippen molar-refractivity contribution >= 4 is 23.8 Å². The standard InChI is InChI=1S/C26H42N12/c1-19-16-29-23(34-25(32-19)37(5)14-10-21-8-6-12-27-21)31-18-38(15-11-22-9-7-13-28-22)26-33-20(2)17-30-24(35-26)36(3)4/h6-9,12-13,19-20,27-28H,10-11,14-18H2,1-5H3,(H,30,33,35)(H2,29,31,32,34). The maximum Gasteiger partial charge on any atom is 0.202 e. The normalized spacial score (nSPS) is 19.5. The highest BCUT2D eigenvalue weighted by Crippen LogP contribution is 2.05. The number of guanidine groups is 4. The fourth-order valence-electron chi connectivity index (χ4n) is 4.12. The molecule has 2 aliphatic rings. The number of aromatic amines is 2. The van der Waals surface area contributed by atoms with Crippen LogP contribution in [0.3, 0.4) is 0 Å². The molecule has 2 atom stereocenters. The summed E-state index contributed by atoms with van der Waals surface area (Å²) in [6.45, 7) is 7.53. The van der Waals surface area contributed by atoms with Crippen molar-refractivity contribution in [3.63, 3.8) is 0 Å². The maximum absolute atomic E-state index is 4.94. The lowest BCUT2D eigenvalue weighted by atomic mass is 10.3. The first-order valence-corrected chi connectivity index (χ1v) is 13.3. The van der Waals surface area contributed by atoms with Gasteiger partial charge in [-0.05, 0) is 38.1 Å². The van der Waals surface area contributed by atoms with E-state index < -0.39 is 0 Å². The number of nitrogens with zero attached hydrogens (tertiary/aromatic N) is 7. The van der Waals surface area contributed by atoms with Gasteiger partial charge in [0.15, 0.2) is 11.9 Å². The Kier molecular flexibility index (Phi) is 9.28. The van der Waals surface area contributed by atoms with Crippen molar-refractivity contribution in [1.82, 2.24) is 40.6 Å². The summed E-state index contributed by atoms with van der Waals surface area (Å²) in [6, 6.07) is 8.42. The van der Waals surface area contributed by atoms with Gasteiger partial charge in [-0.25, -0.2) is 9.98 Å². The van der Waals surface area contributed by atoms with E-state index in [0.717, 1.165) is 43.8 Å². The first-order chi connectivity index (χ1) is 18.4. The summed E-state index contributed by atoms with van der Waals surface area (Å²) in [4.78, 5) is 32.1. The number of hydrogen-bond acceptors (Lipinski definition) is 10. The number of likely N-dealkylation sites (N-methyl/N-ethyl adjacent to an activating group) is 1. The van der Waals surface area contributed by atoms with E-state index in [4.69, 9.17) is 15.0 Å². The molecule has 0 bridgehead atoms. The monoisotopic (exact) mass is 522 g/mol. The van der Waals surface area contributed by atoms with Crippen molar-refractivity contribution in [1.29, 1.82) is 0 Å². The summed E-state index contributed by atoms with van der Waals surface area (Å²) in [5.41, 5.74) is 2.38. The van der Waals surface area contributed by atoms with E-state index in [2.05, 4.69) is 73.7 Å². The zero-order valence-electron chi connectivity index (χ0n) is 23.2. The Bertz CT molecular complexity index is 1110. The zero-order valence-corrected chi connectivity index (χ0v) is 23.2. The van der Waals surface area contributed by atoms with E-state index in [1.165, 1.54) is 11.4 Å². The van der Waals surface area contributed by atoms with E-state index in [0.29, 0.717) is 25.7 Å². The Morgan fingerprint density at radius 1 is 0.816 bits per heavy atom. The number of H-pyrrole nitrogens is 2. The van der Waals surface area contributed by atoms with Gasteiger partial charge in [-0.2, -0.15) is 0 Å². The van der Waals surface area contributed by atoms with E-state index >= 15 is 0 Å². The van der Waals surface area contributed by atoms with E-state index in [9.17, 15) is 0 Å².